The van der Waals surface area contributed by atoms with Gasteiger partial charge in [-0.25, -0.2) is 0 Å². The Bertz CT molecular complexity index is 1120. The third-order valence-electron chi connectivity index (χ3n) is 5.69. The lowest BCUT2D eigenvalue weighted by Gasteiger charge is -2.34. The van der Waals surface area contributed by atoms with E-state index in [9.17, 15) is 27.6 Å². The highest BCUT2D eigenvalue weighted by atomic mass is 19.4. The van der Waals surface area contributed by atoms with Gasteiger partial charge >= 0.3 is 6.36 Å². The minimum absolute atomic E-state index is 0.0387. The summed E-state index contributed by atoms with van der Waals surface area (Å²) in [7, 11) is 0. The summed E-state index contributed by atoms with van der Waals surface area (Å²) in [4.78, 5) is 47.2. The molecule has 33 heavy (non-hydrogen) atoms. The van der Waals surface area contributed by atoms with E-state index in [0.29, 0.717) is 5.95 Å². The topological polar surface area (TPSA) is 116 Å². The van der Waals surface area contributed by atoms with Crippen LogP contribution < -0.4 is 25.8 Å². The van der Waals surface area contributed by atoms with Crippen LogP contribution in [-0.4, -0.2) is 40.7 Å². The zero-order chi connectivity index (χ0) is 23.8. The summed E-state index contributed by atoms with van der Waals surface area (Å²) in [5.74, 6) is -2.29. The lowest BCUT2D eigenvalue weighted by atomic mass is 9.92. The Labute approximate surface area is 186 Å². The average Bonchev–Trinajstić information content (AvgIpc) is 2.73. The number of anilines is 3. The second-order valence-electron chi connectivity index (χ2n) is 8.06. The lowest BCUT2D eigenvalue weighted by molar-refractivity contribution is -0.274. The minimum atomic E-state index is -4.83. The zero-order valence-corrected chi connectivity index (χ0v) is 17.7. The van der Waals surface area contributed by atoms with Crippen LogP contribution in [0.15, 0.2) is 29.1 Å². The standard InChI is InChI=1S/C21H22F3N5O4/c1-11-4-2-3-9-29(11)20-27-17-16(19(32)28-20)14(10-15(30)26-17)18(31)25-12-5-7-13(8-6-12)33-21(22,23)24/h5-8,11,14H,2-4,9-10H2,1H3,(H,25,31)(H2,26,27,28,30,32)/t11-,14+/m1/s1. The molecule has 2 amide bonds. The van der Waals surface area contributed by atoms with Crippen LogP contribution in [0, 0.1) is 0 Å². The van der Waals surface area contributed by atoms with Crippen LogP contribution in [0.5, 0.6) is 5.75 Å². The SMILES string of the molecule is C[C@@H]1CCCCN1c1nc2c(c(=O)[nH]1)[C@@H](C(=O)Nc1ccc(OC(F)(F)F)cc1)CC(=O)N2. The molecular formula is C21H22F3N5O4. The first kappa shape index (κ1) is 22.6. The van der Waals surface area contributed by atoms with Crippen molar-refractivity contribution in [1.29, 1.82) is 0 Å². The monoisotopic (exact) mass is 465 g/mol. The maximum Gasteiger partial charge on any atom is 0.573 e. The van der Waals surface area contributed by atoms with Crippen LogP contribution in [0.1, 0.15) is 44.1 Å². The molecule has 3 heterocycles. The van der Waals surface area contributed by atoms with E-state index in [2.05, 4.69) is 25.3 Å². The quantitative estimate of drug-likeness (QED) is 0.639. The van der Waals surface area contributed by atoms with Crippen molar-refractivity contribution >= 4 is 29.3 Å². The number of benzene rings is 1. The number of H-pyrrole nitrogens is 1. The van der Waals surface area contributed by atoms with Gasteiger partial charge in [0.1, 0.15) is 11.6 Å². The molecular weight excluding hydrogens is 443 g/mol. The first-order valence-corrected chi connectivity index (χ1v) is 10.5. The van der Waals surface area contributed by atoms with Crippen LogP contribution >= 0.6 is 0 Å². The molecule has 2 aromatic rings. The van der Waals surface area contributed by atoms with E-state index in [1.807, 2.05) is 11.8 Å². The van der Waals surface area contributed by atoms with Gasteiger partial charge in [0.05, 0.1) is 11.5 Å². The molecule has 1 fully saturated rings. The van der Waals surface area contributed by atoms with Crippen LogP contribution in [0.25, 0.3) is 0 Å². The predicted molar refractivity (Wildman–Crippen MR) is 113 cm³/mol. The minimum Gasteiger partial charge on any atom is -0.406 e. The van der Waals surface area contributed by atoms with E-state index in [1.54, 1.807) is 0 Å². The summed E-state index contributed by atoms with van der Waals surface area (Å²) in [5, 5.41) is 5.10. The van der Waals surface area contributed by atoms with Gasteiger partial charge in [-0.3, -0.25) is 19.4 Å². The Morgan fingerprint density at radius 1 is 1.21 bits per heavy atom. The van der Waals surface area contributed by atoms with Gasteiger partial charge < -0.3 is 20.3 Å². The van der Waals surface area contributed by atoms with Crippen LogP contribution in [0.3, 0.4) is 0 Å². The second-order valence-corrected chi connectivity index (χ2v) is 8.06. The van der Waals surface area contributed by atoms with Gasteiger partial charge in [0, 0.05) is 24.7 Å². The van der Waals surface area contributed by atoms with Crippen molar-refractivity contribution in [2.75, 3.05) is 22.1 Å². The van der Waals surface area contributed by atoms with Crippen molar-refractivity contribution in [3.63, 3.8) is 0 Å². The maximum atomic E-state index is 12.9. The van der Waals surface area contributed by atoms with Gasteiger partial charge in [0.25, 0.3) is 5.56 Å². The highest BCUT2D eigenvalue weighted by Crippen LogP contribution is 2.32. The first-order valence-electron chi connectivity index (χ1n) is 10.5. The Morgan fingerprint density at radius 3 is 2.61 bits per heavy atom. The number of carbonyl (C=O) groups is 2. The highest BCUT2D eigenvalue weighted by Gasteiger charge is 2.36. The van der Waals surface area contributed by atoms with Crippen molar-refractivity contribution < 1.29 is 27.5 Å². The number of piperidine rings is 1. The van der Waals surface area contributed by atoms with Crippen LogP contribution in [0.2, 0.25) is 0 Å². The third kappa shape index (κ3) is 5.10. The summed E-state index contributed by atoms with van der Waals surface area (Å²) in [6, 6.07) is 4.72. The van der Waals surface area contributed by atoms with Gasteiger partial charge in [-0.15, -0.1) is 13.2 Å². The molecule has 1 aromatic carbocycles. The fraction of sp³-hybridized carbons (Fsp3) is 0.429. The van der Waals surface area contributed by atoms with E-state index in [-0.39, 0.29) is 29.5 Å². The Hall–Kier alpha value is -3.57. The molecule has 0 unspecified atom stereocenters. The largest absolute Gasteiger partial charge is 0.573 e. The number of hydrogen-bond acceptors (Lipinski definition) is 6. The van der Waals surface area contributed by atoms with E-state index in [1.165, 1.54) is 12.1 Å². The van der Waals surface area contributed by atoms with Gasteiger partial charge in [-0.05, 0) is 50.5 Å². The van der Waals surface area contributed by atoms with Crippen LogP contribution in [0.4, 0.5) is 30.6 Å². The Kier molecular flexibility index (Phi) is 6.00. The van der Waals surface area contributed by atoms with Crippen LogP contribution in [-0.2, 0) is 9.59 Å². The fourth-order valence-electron chi connectivity index (χ4n) is 4.10. The smallest absolute Gasteiger partial charge is 0.406 e. The predicted octanol–water partition coefficient (Wildman–Crippen LogP) is 3.11. The summed E-state index contributed by atoms with van der Waals surface area (Å²) in [6.07, 6.45) is -2.11. The van der Waals surface area contributed by atoms with E-state index in [0.717, 1.165) is 37.9 Å². The Morgan fingerprint density at radius 2 is 1.94 bits per heavy atom. The number of carbonyl (C=O) groups excluding carboxylic acids is 2. The van der Waals surface area contributed by atoms with E-state index < -0.39 is 35.4 Å². The third-order valence-corrected chi connectivity index (χ3v) is 5.69. The summed E-state index contributed by atoms with van der Waals surface area (Å²) in [6.45, 7) is 2.74. The molecule has 2 aliphatic rings. The number of alkyl halides is 3. The van der Waals surface area contributed by atoms with Crippen molar-refractivity contribution in [2.45, 2.75) is 50.9 Å². The van der Waals surface area contributed by atoms with Gasteiger partial charge in [-0.2, -0.15) is 4.98 Å². The second kappa shape index (κ2) is 8.75. The summed E-state index contributed by atoms with van der Waals surface area (Å²) >= 11 is 0. The van der Waals surface area contributed by atoms with Crippen molar-refractivity contribution in [3.05, 3.63) is 40.2 Å². The molecule has 2 aliphatic heterocycles. The van der Waals surface area contributed by atoms with Crippen molar-refractivity contribution in [1.82, 2.24) is 9.97 Å². The number of nitrogens with zero attached hydrogens (tertiary/aromatic N) is 2. The highest BCUT2D eigenvalue weighted by molar-refractivity contribution is 6.04. The number of halogens is 3. The Balaban J connectivity index is 1.56. The van der Waals surface area contributed by atoms with Crippen molar-refractivity contribution in [2.24, 2.45) is 0 Å². The summed E-state index contributed by atoms with van der Waals surface area (Å²) in [5.41, 5.74) is -0.301. The van der Waals surface area contributed by atoms with Gasteiger partial charge in [0.15, 0.2) is 0 Å². The first-order chi connectivity index (χ1) is 15.6. The number of hydrogen-bond donors (Lipinski definition) is 3. The molecule has 176 valence electrons. The summed E-state index contributed by atoms with van der Waals surface area (Å²) < 4.78 is 40.7. The number of rotatable bonds is 4. The van der Waals surface area contributed by atoms with Gasteiger partial charge in [0.2, 0.25) is 17.8 Å². The lowest BCUT2D eigenvalue weighted by Crippen LogP contribution is -2.41. The van der Waals surface area contributed by atoms with E-state index >= 15 is 0 Å². The van der Waals surface area contributed by atoms with Gasteiger partial charge in [-0.1, -0.05) is 0 Å². The molecule has 2 atom stereocenters. The average molecular weight is 465 g/mol. The molecule has 0 saturated carbocycles. The fourth-order valence-corrected chi connectivity index (χ4v) is 4.10. The molecule has 0 aliphatic carbocycles. The molecule has 4 rings (SSSR count). The molecule has 9 nitrogen and oxygen atoms in total. The normalized spacial score (nSPS) is 20.6. The number of aromatic nitrogens is 2. The molecule has 1 aromatic heterocycles. The molecule has 0 bridgehead atoms. The molecule has 3 N–H and O–H groups in total. The number of fused-ring (bicyclic) bond motifs is 1. The molecule has 1 saturated heterocycles. The number of amides is 2. The van der Waals surface area contributed by atoms with Crippen molar-refractivity contribution in [3.8, 4) is 5.75 Å². The number of nitrogens with one attached hydrogen (secondary N) is 3. The zero-order valence-electron chi connectivity index (χ0n) is 17.7. The number of aromatic amines is 1. The molecule has 12 heteroatoms. The maximum absolute atomic E-state index is 12.9. The molecule has 0 spiro atoms. The number of ether oxygens (including phenoxy) is 1. The molecule has 0 radical (unpaired) electrons. The van der Waals surface area contributed by atoms with E-state index in [4.69, 9.17) is 0 Å².